The van der Waals surface area contributed by atoms with Gasteiger partial charge in [0, 0.05) is 5.56 Å². The van der Waals surface area contributed by atoms with Gasteiger partial charge in [-0.15, -0.1) is 10.2 Å². The molecule has 1 atom stereocenters. The minimum absolute atomic E-state index is 0.181. The molecule has 3 aromatic carbocycles. The van der Waals surface area contributed by atoms with E-state index in [9.17, 15) is 13.2 Å². The number of nitrogens with zero attached hydrogens (tertiary/aromatic N) is 2. The van der Waals surface area contributed by atoms with E-state index < -0.39 is 22.0 Å². The van der Waals surface area contributed by atoms with Crippen LogP contribution in [0, 0.1) is 20.8 Å². The van der Waals surface area contributed by atoms with Crippen molar-refractivity contribution in [1.29, 1.82) is 0 Å². The summed E-state index contributed by atoms with van der Waals surface area (Å²) < 4.78 is 29.5. The SMILES string of the molecule is Cc1cc(C)c(S(=O)(=O)N[C@H](Cc2ccccc2)C(=O)Nc2nnc(-c3ccccc3)s2)c(C)c1. The van der Waals surface area contributed by atoms with E-state index >= 15 is 0 Å². The molecule has 0 radical (unpaired) electrons. The lowest BCUT2D eigenvalue weighted by Crippen LogP contribution is -2.45. The zero-order valence-corrected chi connectivity index (χ0v) is 21.3. The van der Waals surface area contributed by atoms with Crippen molar-refractivity contribution < 1.29 is 13.2 Å². The third-order valence-corrected chi connectivity index (χ3v) is 8.11. The number of benzene rings is 3. The minimum atomic E-state index is -3.98. The molecule has 180 valence electrons. The summed E-state index contributed by atoms with van der Waals surface area (Å²) in [5.74, 6) is -0.504. The first-order valence-corrected chi connectivity index (χ1v) is 13.4. The number of nitrogens with one attached hydrogen (secondary N) is 2. The molecule has 0 unspecified atom stereocenters. The van der Waals surface area contributed by atoms with Gasteiger partial charge in [0.05, 0.1) is 4.90 Å². The number of hydrogen-bond donors (Lipinski definition) is 2. The van der Waals surface area contributed by atoms with E-state index in [1.54, 1.807) is 13.8 Å². The maximum atomic E-state index is 13.4. The second-order valence-electron chi connectivity index (χ2n) is 8.36. The van der Waals surface area contributed by atoms with E-state index in [1.807, 2.05) is 79.7 Å². The average molecular weight is 507 g/mol. The Balaban J connectivity index is 1.61. The van der Waals surface area contributed by atoms with Gasteiger partial charge in [-0.3, -0.25) is 10.1 Å². The molecule has 1 aromatic heterocycles. The molecule has 4 rings (SSSR count). The van der Waals surface area contributed by atoms with Gasteiger partial charge in [-0.25, -0.2) is 8.42 Å². The molecule has 0 aliphatic rings. The Kier molecular flexibility index (Phi) is 7.39. The summed E-state index contributed by atoms with van der Waals surface area (Å²) in [5, 5.41) is 11.9. The molecule has 0 aliphatic carbocycles. The summed E-state index contributed by atoms with van der Waals surface area (Å²) in [6, 6.07) is 21.4. The highest BCUT2D eigenvalue weighted by Gasteiger charge is 2.29. The van der Waals surface area contributed by atoms with Gasteiger partial charge in [-0.05, 0) is 43.9 Å². The average Bonchev–Trinajstić information content (AvgIpc) is 3.27. The molecule has 0 saturated carbocycles. The first-order chi connectivity index (χ1) is 16.7. The van der Waals surface area contributed by atoms with Gasteiger partial charge in [0.1, 0.15) is 11.0 Å². The zero-order chi connectivity index (χ0) is 25.0. The van der Waals surface area contributed by atoms with Crippen LogP contribution < -0.4 is 10.0 Å². The third kappa shape index (κ3) is 6.00. The molecule has 4 aromatic rings. The maximum absolute atomic E-state index is 13.4. The van der Waals surface area contributed by atoms with Crippen molar-refractivity contribution in [2.24, 2.45) is 0 Å². The van der Waals surface area contributed by atoms with Gasteiger partial charge in [0.2, 0.25) is 21.1 Å². The van der Waals surface area contributed by atoms with Crippen molar-refractivity contribution in [2.75, 3.05) is 5.32 Å². The van der Waals surface area contributed by atoms with Crippen molar-refractivity contribution in [2.45, 2.75) is 38.1 Å². The summed E-state index contributed by atoms with van der Waals surface area (Å²) in [7, 11) is -3.98. The Morgan fingerprint density at radius 1 is 0.914 bits per heavy atom. The topological polar surface area (TPSA) is 101 Å². The lowest BCUT2D eigenvalue weighted by Gasteiger charge is -2.20. The number of amides is 1. The number of anilines is 1. The number of rotatable bonds is 8. The molecule has 0 aliphatic heterocycles. The molecule has 0 fully saturated rings. The van der Waals surface area contributed by atoms with Crippen LogP contribution in [0.25, 0.3) is 10.6 Å². The fraction of sp³-hybridized carbons (Fsp3) is 0.192. The summed E-state index contributed by atoms with van der Waals surface area (Å²) in [6.07, 6.45) is 0.181. The van der Waals surface area contributed by atoms with Crippen LogP contribution in [0.5, 0.6) is 0 Å². The first-order valence-electron chi connectivity index (χ1n) is 11.1. The van der Waals surface area contributed by atoms with Crippen LogP contribution in [0.3, 0.4) is 0 Å². The summed E-state index contributed by atoms with van der Waals surface area (Å²) in [5.41, 5.74) is 3.95. The number of carbonyl (C=O) groups is 1. The highest BCUT2D eigenvalue weighted by atomic mass is 32.2. The van der Waals surface area contributed by atoms with Crippen molar-refractivity contribution in [3.05, 3.63) is 95.1 Å². The van der Waals surface area contributed by atoms with Gasteiger partial charge in [-0.1, -0.05) is 89.7 Å². The molecule has 7 nitrogen and oxygen atoms in total. The summed E-state index contributed by atoms with van der Waals surface area (Å²) >= 11 is 1.23. The molecule has 0 spiro atoms. The zero-order valence-electron chi connectivity index (χ0n) is 19.6. The smallest absolute Gasteiger partial charge is 0.244 e. The van der Waals surface area contributed by atoms with Crippen LogP contribution in [0.1, 0.15) is 22.3 Å². The molecule has 2 N–H and O–H groups in total. The molecular weight excluding hydrogens is 480 g/mol. The monoisotopic (exact) mass is 506 g/mol. The third-order valence-electron chi connectivity index (χ3n) is 5.45. The molecule has 1 amide bonds. The highest BCUT2D eigenvalue weighted by molar-refractivity contribution is 7.89. The van der Waals surface area contributed by atoms with Gasteiger partial charge >= 0.3 is 0 Å². The fourth-order valence-electron chi connectivity index (χ4n) is 4.04. The Morgan fingerprint density at radius 3 is 2.14 bits per heavy atom. The summed E-state index contributed by atoms with van der Waals surface area (Å²) in [4.78, 5) is 13.5. The molecule has 0 bridgehead atoms. The Hall–Kier alpha value is -3.40. The van der Waals surface area contributed by atoms with Crippen LogP contribution in [-0.2, 0) is 21.2 Å². The molecule has 9 heteroatoms. The second kappa shape index (κ2) is 10.5. The van der Waals surface area contributed by atoms with Crippen LogP contribution in [0.2, 0.25) is 0 Å². The van der Waals surface area contributed by atoms with Gasteiger partial charge in [0.15, 0.2) is 0 Å². The van der Waals surface area contributed by atoms with E-state index in [1.165, 1.54) is 11.3 Å². The van der Waals surface area contributed by atoms with E-state index in [4.69, 9.17) is 0 Å². The highest BCUT2D eigenvalue weighted by Crippen LogP contribution is 2.26. The Labute approximate surface area is 209 Å². The number of aromatic nitrogens is 2. The van der Waals surface area contributed by atoms with Crippen LogP contribution in [0.15, 0.2) is 77.7 Å². The largest absolute Gasteiger partial charge is 0.299 e. The molecular formula is C26H26N4O3S2. The number of aryl methyl sites for hydroxylation is 3. The normalized spacial score (nSPS) is 12.3. The Morgan fingerprint density at radius 2 is 1.51 bits per heavy atom. The quantitative estimate of drug-likeness (QED) is 0.362. The first kappa shape index (κ1) is 24.7. The van der Waals surface area contributed by atoms with Crippen molar-refractivity contribution in [1.82, 2.24) is 14.9 Å². The fourth-order valence-corrected chi connectivity index (χ4v) is 6.44. The Bertz CT molecular complexity index is 1410. The standard InChI is InChI=1S/C26H26N4O3S2/c1-17-14-18(2)23(19(3)15-17)35(32,33)30-22(16-20-10-6-4-7-11-20)24(31)27-26-29-28-25(34-26)21-12-8-5-9-13-21/h4-15,22,30H,16H2,1-3H3,(H,27,29,31)/t22-/m1/s1. The lowest BCUT2D eigenvalue weighted by molar-refractivity contribution is -0.117. The van der Waals surface area contributed by atoms with Crippen LogP contribution in [-0.4, -0.2) is 30.6 Å². The van der Waals surface area contributed by atoms with Gasteiger partial charge in [0.25, 0.3) is 0 Å². The van der Waals surface area contributed by atoms with E-state index in [-0.39, 0.29) is 11.3 Å². The summed E-state index contributed by atoms with van der Waals surface area (Å²) in [6.45, 7) is 5.43. The van der Waals surface area contributed by atoms with E-state index in [0.29, 0.717) is 21.3 Å². The van der Waals surface area contributed by atoms with Crippen LogP contribution >= 0.6 is 11.3 Å². The van der Waals surface area contributed by atoms with Crippen molar-refractivity contribution in [3.8, 4) is 10.6 Å². The van der Waals surface area contributed by atoms with Crippen molar-refractivity contribution >= 4 is 32.4 Å². The molecule has 1 heterocycles. The van der Waals surface area contributed by atoms with E-state index in [0.717, 1.165) is 16.7 Å². The minimum Gasteiger partial charge on any atom is -0.299 e. The van der Waals surface area contributed by atoms with Crippen LogP contribution in [0.4, 0.5) is 5.13 Å². The number of hydrogen-bond acceptors (Lipinski definition) is 6. The lowest BCUT2D eigenvalue weighted by atomic mass is 10.1. The van der Waals surface area contributed by atoms with Gasteiger partial charge < -0.3 is 0 Å². The predicted molar refractivity (Wildman–Crippen MR) is 139 cm³/mol. The van der Waals surface area contributed by atoms with Gasteiger partial charge in [-0.2, -0.15) is 4.72 Å². The number of carbonyl (C=O) groups excluding carboxylic acids is 1. The predicted octanol–water partition coefficient (Wildman–Crippen LogP) is 4.66. The molecule has 0 saturated heterocycles. The maximum Gasteiger partial charge on any atom is 0.244 e. The van der Waals surface area contributed by atoms with E-state index in [2.05, 4.69) is 20.2 Å². The number of sulfonamides is 1. The van der Waals surface area contributed by atoms with Crippen molar-refractivity contribution in [3.63, 3.8) is 0 Å². The molecule has 35 heavy (non-hydrogen) atoms. The second-order valence-corrected chi connectivity index (χ2v) is 11.0.